The molecule has 1 N–H and O–H groups in total. The van der Waals surface area contributed by atoms with Crippen LogP contribution in [0.5, 0.6) is 5.75 Å². The molecule has 31 heavy (non-hydrogen) atoms. The average Bonchev–Trinajstić information content (AvgIpc) is 3.25. The first-order valence-corrected chi connectivity index (χ1v) is 11.9. The number of nitrogens with zero attached hydrogens (tertiary/aromatic N) is 2. The van der Waals surface area contributed by atoms with Gasteiger partial charge in [0.15, 0.2) is 0 Å². The number of fused-ring (bicyclic) bond motifs is 1. The Hall–Kier alpha value is -1.64. The second-order valence-corrected chi connectivity index (χ2v) is 9.14. The first kappa shape index (κ1) is 24.0. The number of thiophene rings is 1. The van der Waals surface area contributed by atoms with Crippen molar-refractivity contribution in [2.45, 2.75) is 31.9 Å². The van der Waals surface area contributed by atoms with E-state index >= 15 is 0 Å². The summed E-state index contributed by atoms with van der Waals surface area (Å²) in [7, 11) is 1.64. The van der Waals surface area contributed by atoms with Gasteiger partial charge in [0.2, 0.25) is 5.91 Å². The van der Waals surface area contributed by atoms with Crippen LogP contribution in [0, 0.1) is 0 Å². The van der Waals surface area contributed by atoms with Gasteiger partial charge in [-0.15, -0.1) is 11.3 Å². The van der Waals surface area contributed by atoms with E-state index in [4.69, 9.17) is 21.1 Å². The molecular formula is C23H31ClN2O4S. The molecule has 1 aliphatic heterocycles. The highest BCUT2D eigenvalue weighted by Gasteiger charge is 2.33. The molecule has 1 aromatic carbocycles. The fraction of sp³-hybridized carbons (Fsp3) is 0.522. The molecule has 2 atom stereocenters. The molecule has 2 heterocycles. The van der Waals surface area contributed by atoms with Crippen molar-refractivity contribution in [1.82, 2.24) is 9.80 Å². The number of hydrogen-bond acceptors (Lipinski definition) is 6. The first-order valence-electron chi connectivity index (χ1n) is 10.6. The van der Waals surface area contributed by atoms with Crippen LogP contribution in [0.4, 0.5) is 0 Å². The van der Waals surface area contributed by atoms with E-state index in [0.717, 1.165) is 17.7 Å². The van der Waals surface area contributed by atoms with Crippen LogP contribution >= 0.6 is 22.9 Å². The maximum atomic E-state index is 13.3. The molecule has 2 aromatic rings. The molecule has 0 saturated heterocycles. The van der Waals surface area contributed by atoms with E-state index in [1.807, 2.05) is 28.9 Å². The van der Waals surface area contributed by atoms with Gasteiger partial charge in [-0.2, -0.15) is 0 Å². The smallest absolute Gasteiger partial charge is 0.237 e. The molecular weight excluding hydrogens is 436 g/mol. The highest BCUT2D eigenvalue weighted by molar-refractivity contribution is 7.10. The summed E-state index contributed by atoms with van der Waals surface area (Å²) in [6.45, 7) is 4.80. The zero-order chi connectivity index (χ0) is 22.2. The second kappa shape index (κ2) is 11.8. The largest absolute Gasteiger partial charge is 0.491 e. The number of rotatable bonds is 11. The fourth-order valence-corrected chi connectivity index (χ4v) is 4.80. The third kappa shape index (κ3) is 6.67. The molecule has 0 radical (unpaired) electrons. The standard InChI is InChI=1S/C23H31ClN2O4S/c1-3-18(27)14-25(11-12-29-2)15-23(28)26-10-8-22-20(9-13-31-22)21(26)16-30-19-6-4-17(24)5-7-19/h4-7,9,13,18,21,27H,3,8,10-12,14-16H2,1-2H3/t18-,21+/m1/s1. The van der Waals surface area contributed by atoms with Gasteiger partial charge in [-0.25, -0.2) is 0 Å². The number of halogens is 1. The summed E-state index contributed by atoms with van der Waals surface area (Å²) >= 11 is 7.70. The average molecular weight is 467 g/mol. The van der Waals surface area contributed by atoms with Gasteiger partial charge in [0.05, 0.1) is 25.3 Å². The number of aliphatic hydroxyl groups excluding tert-OH is 1. The maximum Gasteiger partial charge on any atom is 0.237 e. The minimum absolute atomic E-state index is 0.0426. The van der Waals surface area contributed by atoms with Crippen LogP contribution in [0.3, 0.4) is 0 Å². The molecule has 0 fully saturated rings. The summed E-state index contributed by atoms with van der Waals surface area (Å²) in [6, 6.07) is 9.22. The Morgan fingerprint density at radius 3 is 2.84 bits per heavy atom. The van der Waals surface area contributed by atoms with Crippen LogP contribution in [-0.2, 0) is 16.0 Å². The van der Waals surface area contributed by atoms with Crippen LogP contribution in [0.1, 0.15) is 29.8 Å². The van der Waals surface area contributed by atoms with Crippen LogP contribution in [-0.4, -0.2) is 73.4 Å². The highest BCUT2D eigenvalue weighted by atomic mass is 35.5. The summed E-state index contributed by atoms with van der Waals surface area (Å²) in [5, 5.41) is 12.8. The Balaban J connectivity index is 1.71. The lowest BCUT2D eigenvalue weighted by atomic mass is 10.0. The van der Waals surface area contributed by atoms with E-state index in [2.05, 4.69) is 11.4 Å². The van der Waals surface area contributed by atoms with E-state index in [1.54, 1.807) is 30.6 Å². The minimum Gasteiger partial charge on any atom is -0.491 e. The molecule has 3 rings (SSSR count). The molecule has 0 spiro atoms. The molecule has 170 valence electrons. The Kier molecular flexibility index (Phi) is 9.16. The predicted molar refractivity (Wildman–Crippen MR) is 124 cm³/mol. The monoisotopic (exact) mass is 466 g/mol. The number of ether oxygens (including phenoxy) is 2. The number of carbonyl (C=O) groups is 1. The fourth-order valence-electron chi connectivity index (χ4n) is 3.75. The third-order valence-electron chi connectivity index (χ3n) is 5.55. The Morgan fingerprint density at radius 2 is 2.13 bits per heavy atom. The lowest BCUT2D eigenvalue weighted by Gasteiger charge is -2.37. The second-order valence-electron chi connectivity index (χ2n) is 7.71. The van der Waals surface area contributed by atoms with Crippen molar-refractivity contribution in [3.63, 3.8) is 0 Å². The van der Waals surface area contributed by atoms with E-state index in [1.165, 1.54) is 4.88 Å². The van der Waals surface area contributed by atoms with Crippen LogP contribution < -0.4 is 4.74 Å². The third-order valence-corrected chi connectivity index (χ3v) is 6.80. The Morgan fingerprint density at radius 1 is 1.35 bits per heavy atom. The number of carbonyl (C=O) groups excluding carboxylic acids is 1. The van der Waals surface area contributed by atoms with E-state index in [-0.39, 0.29) is 18.5 Å². The number of benzene rings is 1. The topological polar surface area (TPSA) is 62.2 Å². The zero-order valence-electron chi connectivity index (χ0n) is 18.1. The van der Waals surface area contributed by atoms with Crippen LogP contribution in [0.2, 0.25) is 5.02 Å². The molecule has 0 aliphatic carbocycles. The molecule has 0 saturated carbocycles. The lowest BCUT2D eigenvalue weighted by molar-refractivity contribution is -0.136. The quantitative estimate of drug-likeness (QED) is 0.548. The van der Waals surface area contributed by atoms with Crippen molar-refractivity contribution < 1.29 is 19.4 Å². The van der Waals surface area contributed by atoms with Crippen molar-refractivity contribution in [1.29, 1.82) is 0 Å². The number of amides is 1. The van der Waals surface area contributed by atoms with Crippen LogP contribution in [0.15, 0.2) is 35.7 Å². The number of hydrogen-bond donors (Lipinski definition) is 1. The Labute approximate surface area is 193 Å². The molecule has 0 bridgehead atoms. The Bertz CT molecular complexity index is 829. The van der Waals surface area contributed by atoms with Gasteiger partial charge in [-0.1, -0.05) is 18.5 Å². The predicted octanol–water partition coefficient (Wildman–Crippen LogP) is 3.63. The van der Waals surface area contributed by atoms with Gasteiger partial charge >= 0.3 is 0 Å². The summed E-state index contributed by atoms with van der Waals surface area (Å²) in [6.07, 6.45) is 1.04. The molecule has 0 unspecified atom stereocenters. The summed E-state index contributed by atoms with van der Waals surface area (Å²) in [4.78, 5) is 18.5. The van der Waals surface area contributed by atoms with Gasteiger partial charge in [-0.3, -0.25) is 9.69 Å². The van der Waals surface area contributed by atoms with Gasteiger partial charge < -0.3 is 19.5 Å². The van der Waals surface area contributed by atoms with Gasteiger partial charge in [0, 0.05) is 36.6 Å². The molecule has 1 aliphatic rings. The van der Waals surface area contributed by atoms with Crippen molar-refractivity contribution in [2.75, 3.05) is 46.5 Å². The van der Waals surface area contributed by atoms with Crippen LogP contribution in [0.25, 0.3) is 0 Å². The lowest BCUT2D eigenvalue weighted by Crippen LogP contribution is -2.48. The van der Waals surface area contributed by atoms with Crippen molar-refractivity contribution in [3.05, 3.63) is 51.2 Å². The minimum atomic E-state index is -0.460. The highest BCUT2D eigenvalue weighted by Crippen LogP contribution is 2.34. The molecule has 1 aromatic heterocycles. The van der Waals surface area contributed by atoms with Gasteiger partial charge in [0.1, 0.15) is 12.4 Å². The number of aliphatic hydroxyl groups is 1. The summed E-state index contributed by atoms with van der Waals surface area (Å²) < 4.78 is 11.2. The van der Waals surface area contributed by atoms with E-state index in [9.17, 15) is 9.90 Å². The molecule has 1 amide bonds. The first-order chi connectivity index (χ1) is 15.0. The van der Waals surface area contributed by atoms with E-state index < -0.39 is 6.10 Å². The maximum absolute atomic E-state index is 13.3. The van der Waals surface area contributed by atoms with E-state index in [0.29, 0.717) is 44.3 Å². The van der Waals surface area contributed by atoms with Crippen molar-refractivity contribution >= 4 is 28.8 Å². The SMILES string of the molecule is CC[C@@H](O)CN(CCOC)CC(=O)N1CCc2sccc2[C@@H]1COc1ccc(Cl)cc1. The summed E-state index contributed by atoms with van der Waals surface area (Å²) in [5.74, 6) is 0.771. The molecule has 6 nitrogen and oxygen atoms in total. The number of methoxy groups -OCH3 is 1. The van der Waals surface area contributed by atoms with Gasteiger partial charge in [0.25, 0.3) is 0 Å². The molecule has 8 heteroatoms. The normalized spacial score (nSPS) is 16.9. The summed E-state index contributed by atoms with van der Waals surface area (Å²) in [5.41, 5.74) is 1.16. The zero-order valence-corrected chi connectivity index (χ0v) is 19.7. The van der Waals surface area contributed by atoms with Crippen molar-refractivity contribution in [3.8, 4) is 5.75 Å². The van der Waals surface area contributed by atoms with Crippen molar-refractivity contribution in [2.24, 2.45) is 0 Å². The van der Waals surface area contributed by atoms with Gasteiger partial charge in [-0.05, 0) is 54.1 Å².